The molecule has 15 heavy (non-hydrogen) atoms. The maximum Gasteiger partial charge on any atom is 0.166 e. The van der Waals surface area contributed by atoms with Crippen LogP contribution in [0.25, 0.3) is 0 Å². The Hall–Kier alpha value is -0.830. The van der Waals surface area contributed by atoms with Gasteiger partial charge in [0.15, 0.2) is 5.78 Å². The molecule has 0 radical (unpaired) electrons. The van der Waals surface area contributed by atoms with E-state index >= 15 is 0 Å². The summed E-state index contributed by atoms with van der Waals surface area (Å²) in [6.45, 7) is 2.50. The topological polar surface area (TPSA) is 26.3 Å². The van der Waals surface area contributed by atoms with Crippen LogP contribution in [0.3, 0.4) is 0 Å². The number of hydrogen-bond acceptors (Lipinski definition) is 2. The van der Waals surface area contributed by atoms with Crippen molar-refractivity contribution in [1.82, 2.24) is 0 Å². The summed E-state index contributed by atoms with van der Waals surface area (Å²) in [6, 6.07) is 7.41. The van der Waals surface area contributed by atoms with Gasteiger partial charge in [-0.1, -0.05) is 35.0 Å². The van der Waals surface area contributed by atoms with Crippen molar-refractivity contribution in [3.63, 3.8) is 0 Å². The third-order valence-electron chi connectivity index (χ3n) is 2.04. The van der Waals surface area contributed by atoms with E-state index in [2.05, 4.69) is 15.9 Å². The third-order valence-corrected chi connectivity index (χ3v) is 2.60. The first kappa shape index (κ1) is 12.2. The molecule has 1 rings (SSSR count). The maximum atomic E-state index is 11.6. The molecule has 0 aliphatic rings. The molecule has 0 aromatic heterocycles. The Balaban J connectivity index is 2.73. The van der Waals surface area contributed by atoms with E-state index in [9.17, 15) is 4.79 Å². The average molecular weight is 271 g/mol. The number of carbonyl (C=O) groups is 1. The number of carbonyl (C=O) groups excluding carboxylic acids is 1. The first-order chi connectivity index (χ1) is 7.29. The number of rotatable bonds is 6. The Morgan fingerprint density at radius 3 is 2.80 bits per heavy atom. The van der Waals surface area contributed by atoms with Gasteiger partial charge in [-0.2, -0.15) is 0 Å². The highest BCUT2D eigenvalue weighted by Gasteiger charge is 2.09. The Bertz CT molecular complexity index is 323. The molecular weight excluding hydrogens is 256 g/mol. The summed E-state index contributed by atoms with van der Waals surface area (Å²) < 4.78 is 5.55. The molecule has 0 N–H and O–H groups in total. The molecule has 82 valence electrons. The largest absolute Gasteiger partial charge is 0.493 e. The normalized spacial score (nSPS) is 10.0. The molecule has 0 saturated heterocycles. The molecule has 1 aromatic carbocycles. The lowest BCUT2D eigenvalue weighted by atomic mass is 10.1. The number of ether oxygens (including phenoxy) is 1. The predicted octanol–water partition coefficient (Wildman–Crippen LogP) is 3.44. The van der Waals surface area contributed by atoms with Crippen LogP contribution in [0.1, 0.15) is 30.1 Å². The Morgan fingerprint density at radius 1 is 1.40 bits per heavy atom. The minimum atomic E-state index is 0.129. The van der Waals surface area contributed by atoms with Crippen LogP contribution in [0.15, 0.2) is 24.3 Å². The monoisotopic (exact) mass is 270 g/mol. The van der Waals surface area contributed by atoms with Crippen molar-refractivity contribution < 1.29 is 9.53 Å². The molecule has 0 unspecified atom stereocenters. The Morgan fingerprint density at radius 2 is 2.13 bits per heavy atom. The van der Waals surface area contributed by atoms with Gasteiger partial charge in [-0.15, -0.1) is 0 Å². The highest BCUT2D eigenvalue weighted by Crippen LogP contribution is 2.19. The van der Waals surface area contributed by atoms with Crippen LogP contribution in [0.2, 0.25) is 0 Å². The van der Waals surface area contributed by atoms with Gasteiger partial charge in [0.2, 0.25) is 0 Å². The number of halogens is 1. The fourth-order valence-electron chi connectivity index (χ4n) is 1.25. The third kappa shape index (κ3) is 3.67. The number of ketones is 1. The summed E-state index contributed by atoms with van der Waals surface area (Å²) in [5.74, 6) is 0.828. The van der Waals surface area contributed by atoms with Gasteiger partial charge in [0, 0.05) is 11.8 Å². The summed E-state index contributed by atoms with van der Waals surface area (Å²) in [5, 5.41) is 0.914. The fourth-order valence-corrected chi connectivity index (χ4v) is 1.48. The van der Waals surface area contributed by atoms with Crippen LogP contribution < -0.4 is 4.74 Å². The number of hydrogen-bond donors (Lipinski definition) is 0. The SMILES string of the molecule is CCC(=O)c1ccccc1OCCCBr. The lowest BCUT2D eigenvalue weighted by Crippen LogP contribution is -2.04. The molecule has 0 amide bonds. The molecule has 0 fully saturated rings. The van der Waals surface area contributed by atoms with Crippen molar-refractivity contribution in [3.8, 4) is 5.75 Å². The second-order valence-corrected chi connectivity index (χ2v) is 3.96. The highest BCUT2D eigenvalue weighted by molar-refractivity contribution is 9.09. The molecule has 0 aliphatic carbocycles. The Kier molecular flexibility index (Phi) is 5.40. The van der Waals surface area contributed by atoms with Crippen molar-refractivity contribution >= 4 is 21.7 Å². The summed E-state index contributed by atoms with van der Waals surface area (Å²) >= 11 is 3.34. The van der Waals surface area contributed by atoms with Crippen molar-refractivity contribution in [2.45, 2.75) is 19.8 Å². The van der Waals surface area contributed by atoms with E-state index in [4.69, 9.17) is 4.74 Å². The van der Waals surface area contributed by atoms with Gasteiger partial charge >= 0.3 is 0 Å². The maximum absolute atomic E-state index is 11.6. The van der Waals surface area contributed by atoms with E-state index in [1.807, 2.05) is 31.2 Å². The van der Waals surface area contributed by atoms with Crippen LogP contribution >= 0.6 is 15.9 Å². The van der Waals surface area contributed by atoms with Crippen molar-refractivity contribution in [2.24, 2.45) is 0 Å². The summed E-state index contributed by atoms with van der Waals surface area (Å²) in [7, 11) is 0. The molecule has 0 atom stereocenters. The molecular formula is C12H15BrO2. The van der Waals surface area contributed by atoms with Gasteiger partial charge in [-0.25, -0.2) is 0 Å². The Labute approximate surface area is 98.8 Å². The van der Waals surface area contributed by atoms with E-state index in [-0.39, 0.29) is 5.78 Å². The first-order valence-electron chi connectivity index (χ1n) is 5.10. The van der Waals surface area contributed by atoms with Crippen LogP contribution in [-0.2, 0) is 0 Å². The van der Waals surface area contributed by atoms with Gasteiger partial charge in [0.05, 0.1) is 12.2 Å². The lowest BCUT2D eigenvalue weighted by molar-refractivity contribution is 0.0984. The summed E-state index contributed by atoms with van der Waals surface area (Å²) in [6.07, 6.45) is 1.45. The molecule has 3 heteroatoms. The van der Waals surface area contributed by atoms with E-state index < -0.39 is 0 Å². The van der Waals surface area contributed by atoms with Crippen LogP contribution in [0, 0.1) is 0 Å². The number of alkyl halides is 1. The standard InChI is InChI=1S/C12H15BrO2/c1-2-11(14)10-6-3-4-7-12(10)15-9-5-8-13/h3-4,6-7H,2,5,8-9H2,1H3. The number of Topliss-reactive ketones (excluding diaryl/α,β-unsaturated/α-hetero) is 1. The zero-order valence-electron chi connectivity index (χ0n) is 8.83. The zero-order chi connectivity index (χ0) is 11.1. The van der Waals surface area contributed by atoms with Gasteiger partial charge in [0.25, 0.3) is 0 Å². The molecule has 1 aromatic rings. The molecule has 0 heterocycles. The van der Waals surface area contributed by atoms with E-state index in [0.717, 1.165) is 11.8 Å². The molecule has 0 spiro atoms. The average Bonchev–Trinajstić information content (AvgIpc) is 2.29. The first-order valence-corrected chi connectivity index (χ1v) is 6.22. The molecule has 0 aliphatic heterocycles. The molecule has 0 saturated carbocycles. The minimum Gasteiger partial charge on any atom is -0.493 e. The van der Waals surface area contributed by atoms with E-state index in [1.165, 1.54) is 0 Å². The van der Waals surface area contributed by atoms with Crippen LogP contribution in [-0.4, -0.2) is 17.7 Å². The van der Waals surface area contributed by atoms with Gasteiger partial charge in [-0.05, 0) is 18.6 Å². The summed E-state index contributed by atoms with van der Waals surface area (Å²) in [4.78, 5) is 11.6. The highest BCUT2D eigenvalue weighted by atomic mass is 79.9. The van der Waals surface area contributed by atoms with Gasteiger partial charge in [0.1, 0.15) is 5.75 Å². The second-order valence-electron chi connectivity index (χ2n) is 3.16. The van der Waals surface area contributed by atoms with Crippen LogP contribution in [0.5, 0.6) is 5.75 Å². The zero-order valence-corrected chi connectivity index (χ0v) is 10.4. The second kappa shape index (κ2) is 6.62. The predicted molar refractivity (Wildman–Crippen MR) is 65.0 cm³/mol. The molecule has 0 bridgehead atoms. The van der Waals surface area contributed by atoms with Gasteiger partial charge < -0.3 is 4.74 Å². The molecule has 2 nitrogen and oxygen atoms in total. The lowest BCUT2D eigenvalue weighted by Gasteiger charge is -2.09. The fraction of sp³-hybridized carbons (Fsp3) is 0.417. The smallest absolute Gasteiger partial charge is 0.166 e. The van der Waals surface area contributed by atoms with Crippen molar-refractivity contribution in [2.75, 3.05) is 11.9 Å². The van der Waals surface area contributed by atoms with Crippen LogP contribution in [0.4, 0.5) is 0 Å². The van der Waals surface area contributed by atoms with E-state index in [0.29, 0.717) is 24.3 Å². The minimum absolute atomic E-state index is 0.129. The van der Waals surface area contributed by atoms with Gasteiger partial charge in [-0.3, -0.25) is 4.79 Å². The quantitative estimate of drug-likeness (QED) is 0.450. The summed E-state index contributed by atoms with van der Waals surface area (Å²) in [5.41, 5.74) is 0.689. The number of para-hydroxylation sites is 1. The van der Waals surface area contributed by atoms with E-state index in [1.54, 1.807) is 0 Å². The number of benzene rings is 1. The van der Waals surface area contributed by atoms with Crippen molar-refractivity contribution in [3.05, 3.63) is 29.8 Å². The van der Waals surface area contributed by atoms with Crippen molar-refractivity contribution in [1.29, 1.82) is 0 Å².